The Morgan fingerprint density at radius 2 is 1.79 bits per heavy atom. The van der Waals surface area contributed by atoms with Gasteiger partial charge in [-0.05, 0) is 49.8 Å². The maximum Gasteiger partial charge on any atom is 0.246 e. The second-order valence-corrected chi connectivity index (χ2v) is 6.16. The molecule has 7 heteroatoms. The van der Waals surface area contributed by atoms with Gasteiger partial charge in [0.1, 0.15) is 5.82 Å². The third-order valence-electron chi connectivity index (χ3n) is 3.85. The quantitative estimate of drug-likeness (QED) is 0.652. The van der Waals surface area contributed by atoms with E-state index in [0.717, 1.165) is 0 Å². The number of anilines is 1. The zero-order valence-corrected chi connectivity index (χ0v) is 16.8. The standard InChI is InChI=1S/C22H25FN2O4/c1-4-28-19-11-10-18(14-20(19)29-5-2)24-21(26)15-25(3)22(27)12-9-16-7-6-8-17(23)13-16/h6-14H,4-5,15H2,1-3H3,(H,24,26)/b12-9+. The SMILES string of the molecule is CCOc1ccc(NC(=O)CN(C)C(=O)/C=C/c2cccc(F)c2)cc1OCC. The van der Waals surface area contributed by atoms with E-state index >= 15 is 0 Å². The molecule has 0 saturated heterocycles. The van der Waals surface area contributed by atoms with Crippen LogP contribution in [-0.4, -0.2) is 43.5 Å². The lowest BCUT2D eigenvalue weighted by molar-refractivity contribution is -0.129. The first-order valence-corrected chi connectivity index (χ1v) is 9.31. The molecule has 6 nitrogen and oxygen atoms in total. The summed E-state index contributed by atoms with van der Waals surface area (Å²) in [5, 5.41) is 2.74. The molecule has 0 aromatic heterocycles. The van der Waals surface area contributed by atoms with Gasteiger partial charge in [-0.25, -0.2) is 4.39 Å². The third-order valence-corrected chi connectivity index (χ3v) is 3.85. The zero-order valence-electron chi connectivity index (χ0n) is 16.8. The van der Waals surface area contributed by atoms with E-state index in [4.69, 9.17) is 9.47 Å². The minimum absolute atomic E-state index is 0.135. The minimum atomic E-state index is -0.380. The first-order chi connectivity index (χ1) is 13.9. The largest absolute Gasteiger partial charge is 0.490 e. The molecule has 2 amide bonds. The normalized spacial score (nSPS) is 10.6. The molecule has 0 bridgehead atoms. The number of likely N-dealkylation sites (N-methyl/N-ethyl adjacent to an activating group) is 1. The number of rotatable bonds is 9. The average molecular weight is 400 g/mol. The van der Waals surface area contributed by atoms with E-state index in [1.807, 2.05) is 13.8 Å². The topological polar surface area (TPSA) is 67.9 Å². The molecule has 0 atom stereocenters. The van der Waals surface area contributed by atoms with Crippen molar-refractivity contribution in [2.75, 3.05) is 32.1 Å². The summed E-state index contributed by atoms with van der Waals surface area (Å²) in [7, 11) is 1.52. The van der Waals surface area contributed by atoms with Crippen LogP contribution in [0.2, 0.25) is 0 Å². The predicted octanol–water partition coefficient (Wildman–Crippen LogP) is 3.73. The minimum Gasteiger partial charge on any atom is -0.490 e. The van der Waals surface area contributed by atoms with Crippen LogP contribution in [0, 0.1) is 5.82 Å². The van der Waals surface area contributed by atoms with Crippen molar-refractivity contribution in [2.45, 2.75) is 13.8 Å². The fourth-order valence-corrected chi connectivity index (χ4v) is 2.53. The molecule has 0 heterocycles. The Morgan fingerprint density at radius 1 is 1.07 bits per heavy atom. The molecule has 0 aliphatic heterocycles. The highest BCUT2D eigenvalue weighted by molar-refractivity contribution is 5.98. The number of nitrogens with one attached hydrogen (secondary N) is 1. The molecular formula is C22H25FN2O4. The summed E-state index contributed by atoms with van der Waals surface area (Å²) in [6.45, 7) is 4.57. The Kier molecular flexibility index (Phi) is 8.21. The number of halogens is 1. The summed E-state index contributed by atoms with van der Waals surface area (Å²) >= 11 is 0. The average Bonchev–Trinajstić information content (AvgIpc) is 2.68. The lowest BCUT2D eigenvalue weighted by Gasteiger charge is -2.16. The lowest BCUT2D eigenvalue weighted by atomic mass is 10.2. The van der Waals surface area contributed by atoms with Crippen LogP contribution in [0.4, 0.5) is 10.1 Å². The van der Waals surface area contributed by atoms with Crippen molar-refractivity contribution in [3.05, 3.63) is 59.9 Å². The van der Waals surface area contributed by atoms with Gasteiger partial charge in [0, 0.05) is 24.9 Å². The second kappa shape index (κ2) is 10.8. The Labute approximate surface area is 169 Å². The predicted molar refractivity (Wildman–Crippen MR) is 110 cm³/mol. The van der Waals surface area contributed by atoms with Crippen LogP contribution >= 0.6 is 0 Å². The van der Waals surface area contributed by atoms with Crippen LogP contribution in [0.25, 0.3) is 6.08 Å². The smallest absolute Gasteiger partial charge is 0.246 e. The molecule has 0 aliphatic rings. The molecule has 0 fully saturated rings. The molecule has 0 spiro atoms. The molecule has 0 unspecified atom stereocenters. The molecule has 0 aliphatic carbocycles. The van der Waals surface area contributed by atoms with Crippen molar-refractivity contribution < 1.29 is 23.5 Å². The summed E-state index contributed by atoms with van der Waals surface area (Å²) in [5.74, 6) is 0.0311. The highest BCUT2D eigenvalue weighted by Crippen LogP contribution is 2.30. The number of carbonyl (C=O) groups is 2. The molecule has 0 radical (unpaired) electrons. The summed E-state index contributed by atoms with van der Waals surface area (Å²) in [5.41, 5.74) is 1.10. The van der Waals surface area contributed by atoms with E-state index in [0.29, 0.717) is 36.0 Å². The Hall–Kier alpha value is -3.35. The van der Waals surface area contributed by atoms with Crippen LogP contribution in [0.15, 0.2) is 48.5 Å². The van der Waals surface area contributed by atoms with Gasteiger partial charge in [-0.3, -0.25) is 9.59 Å². The van der Waals surface area contributed by atoms with E-state index in [1.165, 1.54) is 36.2 Å². The van der Waals surface area contributed by atoms with Crippen molar-refractivity contribution in [3.8, 4) is 11.5 Å². The van der Waals surface area contributed by atoms with Crippen LogP contribution in [0.1, 0.15) is 19.4 Å². The van der Waals surface area contributed by atoms with E-state index in [9.17, 15) is 14.0 Å². The van der Waals surface area contributed by atoms with Crippen molar-refractivity contribution in [1.29, 1.82) is 0 Å². The Bertz CT molecular complexity index is 883. The summed E-state index contributed by atoms with van der Waals surface area (Å²) in [6, 6.07) is 11.0. The van der Waals surface area contributed by atoms with Gasteiger partial charge in [-0.15, -0.1) is 0 Å². The number of hydrogen-bond donors (Lipinski definition) is 1. The fraction of sp³-hybridized carbons (Fsp3) is 0.273. The highest BCUT2D eigenvalue weighted by atomic mass is 19.1. The van der Waals surface area contributed by atoms with E-state index in [1.54, 1.807) is 30.3 Å². The first-order valence-electron chi connectivity index (χ1n) is 9.31. The third kappa shape index (κ3) is 6.95. The number of nitrogens with zero attached hydrogens (tertiary/aromatic N) is 1. The van der Waals surface area contributed by atoms with Crippen molar-refractivity contribution in [1.82, 2.24) is 4.90 Å². The first kappa shape index (κ1) is 21.9. The zero-order chi connectivity index (χ0) is 21.2. The van der Waals surface area contributed by atoms with Gasteiger partial charge in [-0.2, -0.15) is 0 Å². The van der Waals surface area contributed by atoms with Gasteiger partial charge in [0.2, 0.25) is 11.8 Å². The van der Waals surface area contributed by atoms with Crippen LogP contribution in [-0.2, 0) is 9.59 Å². The van der Waals surface area contributed by atoms with Crippen LogP contribution < -0.4 is 14.8 Å². The van der Waals surface area contributed by atoms with Crippen molar-refractivity contribution in [2.24, 2.45) is 0 Å². The number of ether oxygens (including phenoxy) is 2. The van der Waals surface area contributed by atoms with Gasteiger partial charge in [0.25, 0.3) is 0 Å². The monoisotopic (exact) mass is 400 g/mol. The number of benzene rings is 2. The highest BCUT2D eigenvalue weighted by Gasteiger charge is 2.12. The number of carbonyl (C=O) groups excluding carboxylic acids is 2. The molecule has 2 rings (SSSR count). The van der Waals surface area contributed by atoms with E-state index in [-0.39, 0.29) is 24.2 Å². The fourth-order valence-electron chi connectivity index (χ4n) is 2.53. The van der Waals surface area contributed by atoms with Gasteiger partial charge >= 0.3 is 0 Å². The molecule has 0 saturated carbocycles. The van der Waals surface area contributed by atoms with E-state index in [2.05, 4.69) is 5.32 Å². The summed E-state index contributed by atoms with van der Waals surface area (Å²) < 4.78 is 24.2. The summed E-state index contributed by atoms with van der Waals surface area (Å²) in [4.78, 5) is 25.7. The van der Waals surface area contributed by atoms with E-state index < -0.39 is 0 Å². The number of hydrogen-bond acceptors (Lipinski definition) is 4. The van der Waals surface area contributed by atoms with Gasteiger partial charge in [0.15, 0.2) is 11.5 Å². The Morgan fingerprint density at radius 3 is 2.48 bits per heavy atom. The Balaban J connectivity index is 1.95. The van der Waals surface area contributed by atoms with Crippen LogP contribution in [0.3, 0.4) is 0 Å². The lowest BCUT2D eigenvalue weighted by Crippen LogP contribution is -2.33. The maximum atomic E-state index is 13.2. The number of amides is 2. The molecule has 2 aromatic rings. The maximum absolute atomic E-state index is 13.2. The molecule has 1 N–H and O–H groups in total. The van der Waals surface area contributed by atoms with Crippen molar-refractivity contribution in [3.63, 3.8) is 0 Å². The van der Waals surface area contributed by atoms with Crippen LogP contribution in [0.5, 0.6) is 11.5 Å². The summed E-state index contributed by atoms with van der Waals surface area (Å²) in [6.07, 6.45) is 2.80. The molecule has 29 heavy (non-hydrogen) atoms. The molecule has 154 valence electrons. The van der Waals surface area contributed by atoms with Gasteiger partial charge in [0.05, 0.1) is 19.8 Å². The van der Waals surface area contributed by atoms with Gasteiger partial charge in [-0.1, -0.05) is 12.1 Å². The second-order valence-electron chi connectivity index (χ2n) is 6.16. The van der Waals surface area contributed by atoms with Crippen molar-refractivity contribution >= 4 is 23.6 Å². The van der Waals surface area contributed by atoms with Gasteiger partial charge < -0.3 is 19.7 Å². The molecular weight excluding hydrogens is 375 g/mol. The molecule has 2 aromatic carbocycles.